The van der Waals surface area contributed by atoms with Gasteiger partial charge in [-0.1, -0.05) is 0 Å². The molecule has 0 aliphatic heterocycles. The molecule has 0 bridgehead atoms. The number of hydrogen-bond donors (Lipinski definition) is 0. The van der Waals surface area contributed by atoms with Crippen molar-refractivity contribution in [2.75, 3.05) is 0 Å². The van der Waals surface area contributed by atoms with Gasteiger partial charge in [0.2, 0.25) is 0 Å². The first-order valence-corrected chi connectivity index (χ1v) is 19.4. The van der Waals surface area contributed by atoms with Crippen molar-refractivity contribution in [1.29, 1.82) is 0 Å². The molecule has 0 amide bonds. The van der Waals surface area contributed by atoms with Gasteiger partial charge in [0.15, 0.2) is 0 Å². The predicted molar refractivity (Wildman–Crippen MR) is 115 cm³/mol. The second-order valence-electron chi connectivity index (χ2n) is 8.49. The molecule has 1 nitrogen and oxygen atoms in total. The molecule has 0 unspecified atom stereocenters. The van der Waals surface area contributed by atoms with Crippen molar-refractivity contribution in [1.82, 2.24) is 0 Å². The van der Waals surface area contributed by atoms with Gasteiger partial charge in [0.25, 0.3) is 0 Å². The average molecular weight is 455 g/mol. The summed E-state index contributed by atoms with van der Waals surface area (Å²) >= 11 is -2.04. The van der Waals surface area contributed by atoms with Crippen LogP contribution in [-0.4, -0.2) is 24.2 Å². The summed E-state index contributed by atoms with van der Waals surface area (Å²) in [5.41, 5.74) is 1.81. The summed E-state index contributed by atoms with van der Waals surface area (Å²) in [6.07, 6.45) is 18.7. The van der Waals surface area contributed by atoms with Gasteiger partial charge in [-0.05, 0) is 0 Å². The third kappa shape index (κ3) is 10.2. The zero-order chi connectivity index (χ0) is 18.4. The van der Waals surface area contributed by atoms with Crippen LogP contribution >= 0.6 is 0 Å². The number of Topliss-reactive ketones (excluding diaryl/α,β-unsaturated/α-hetero) is 1. The maximum atomic E-state index is 11.8. The Kier molecular flexibility index (Phi) is 13.3. The molecular formula is C23H44OSn. The Morgan fingerprint density at radius 2 is 1.32 bits per heavy atom. The van der Waals surface area contributed by atoms with Crippen LogP contribution < -0.4 is 0 Å². The van der Waals surface area contributed by atoms with Gasteiger partial charge < -0.3 is 0 Å². The van der Waals surface area contributed by atoms with Crippen LogP contribution in [-0.2, 0) is 4.79 Å². The van der Waals surface area contributed by atoms with Crippen LogP contribution in [0.5, 0.6) is 0 Å². The van der Waals surface area contributed by atoms with Crippen molar-refractivity contribution in [2.24, 2.45) is 0 Å². The van der Waals surface area contributed by atoms with E-state index in [0.29, 0.717) is 5.78 Å². The number of ketones is 1. The Hall–Kier alpha value is 0.209. The van der Waals surface area contributed by atoms with E-state index >= 15 is 0 Å². The number of hydrogen-bond acceptors (Lipinski definition) is 1. The van der Waals surface area contributed by atoms with Crippen LogP contribution in [0.15, 0.2) is 11.6 Å². The van der Waals surface area contributed by atoms with E-state index in [1.165, 1.54) is 51.4 Å². The molecule has 1 rings (SSSR count). The molecule has 0 saturated heterocycles. The molecule has 1 aliphatic rings. The van der Waals surface area contributed by atoms with Crippen LogP contribution in [0.2, 0.25) is 17.7 Å². The Bertz CT molecular complexity index is 364. The Morgan fingerprint density at radius 3 is 1.88 bits per heavy atom. The normalized spacial score (nSPS) is 19.5. The fourth-order valence-corrected chi connectivity index (χ4v) is 21.2. The van der Waals surface area contributed by atoms with Gasteiger partial charge in [0, 0.05) is 0 Å². The van der Waals surface area contributed by atoms with E-state index in [4.69, 9.17) is 0 Å². The number of carbonyl (C=O) groups is 1. The molecule has 25 heavy (non-hydrogen) atoms. The zero-order valence-corrected chi connectivity index (χ0v) is 20.4. The summed E-state index contributed by atoms with van der Waals surface area (Å²) in [6, 6.07) is 0. The number of unbranched alkanes of at least 4 members (excludes halogenated alkanes) is 3. The van der Waals surface area contributed by atoms with E-state index < -0.39 is 18.4 Å². The molecule has 0 atom stereocenters. The van der Waals surface area contributed by atoms with Crippen molar-refractivity contribution in [3.8, 4) is 0 Å². The second kappa shape index (κ2) is 14.3. The maximum absolute atomic E-state index is 11.8. The summed E-state index contributed by atoms with van der Waals surface area (Å²) in [4.78, 5) is 11.8. The molecule has 0 spiro atoms. The molecular weight excluding hydrogens is 411 g/mol. The van der Waals surface area contributed by atoms with Crippen LogP contribution in [0.1, 0.15) is 104 Å². The van der Waals surface area contributed by atoms with Crippen LogP contribution in [0.3, 0.4) is 0 Å². The number of allylic oxidation sites excluding steroid dienone is 2. The van der Waals surface area contributed by atoms with Crippen molar-refractivity contribution < 1.29 is 4.79 Å². The molecule has 0 radical (unpaired) electrons. The first-order valence-electron chi connectivity index (χ1n) is 11.4. The minimum atomic E-state index is -2.04. The molecule has 0 saturated carbocycles. The van der Waals surface area contributed by atoms with E-state index in [9.17, 15) is 4.79 Å². The SMILES string of the molecule is CCC[CH2][Sn]([CH2]CCC)([CH2]CCC)[CH2]/C1=C/CCCC(=O)CCCC1. The van der Waals surface area contributed by atoms with Crippen LogP contribution in [0.4, 0.5) is 0 Å². The van der Waals surface area contributed by atoms with Gasteiger partial charge in [0.1, 0.15) is 0 Å². The van der Waals surface area contributed by atoms with E-state index in [1.807, 2.05) is 5.57 Å². The topological polar surface area (TPSA) is 17.1 Å². The third-order valence-corrected chi connectivity index (χ3v) is 21.6. The van der Waals surface area contributed by atoms with Crippen molar-refractivity contribution in [3.05, 3.63) is 11.6 Å². The monoisotopic (exact) mass is 456 g/mol. The molecule has 1 aliphatic carbocycles. The van der Waals surface area contributed by atoms with Gasteiger partial charge in [-0.15, -0.1) is 0 Å². The fourth-order valence-electron chi connectivity index (χ4n) is 4.44. The van der Waals surface area contributed by atoms with E-state index in [2.05, 4.69) is 26.8 Å². The molecule has 0 aromatic rings. The predicted octanol–water partition coefficient (Wildman–Crippen LogP) is 8.08. The number of rotatable bonds is 11. The summed E-state index contributed by atoms with van der Waals surface area (Å²) in [6.45, 7) is 7.11. The van der Waals surface area contributed by atoms with Gasteiger partial charge >= 0.3 is 163 Å². The molecule has 0 heterocycles. The van der Waals surface area contributed by atoms with Gasteiger partial charge in [-0.3, -0.25) is 0 Å². The van der Waals surface area contributed by atoms with E-state index in [1.54, 1.807) is 17.7 Å². The first-order chi connectivity index (χ1) is 12.2. The van der Waals surface area contributed by atoms with Gasteiger partial charge in [-0.25, -0.2) is 0 Å². The van der Waals surface area contributed by atoms with Crippen molar-refractivity contribution in [3.63, 3.8) is 0 Å². The molecule has 0 aromatic carbocycles. The molecule has 2 heteroatoms. The number of carbonyl (C=O) groups excluding carboxylic acids is 1. The second-order valence-corrected chi connectivity index (χ2v) is 22.3. The van der Waals surface area contributed by atoms with Crippen molar-refractivity contribution >= 4 is 24.2 Å². The molecule has 0 aromatic heterocycles. The fraction of sp³-hybridized carbons (Fsp3) is 0.870. The molecule has 0 N–H and O–H groups in total. The Balaban J connectivity index is 2.83. The Morgan fingerprint density at radius 1 is 0.800 bits per heavy atom. The van der Waals surface area contributed by atoms with Gasteiger partial charge in [-0.2, -0.15) is 0 Å². The minimum absolute atomic E-state index is 0.499. The summed E-state index contributed by atoms with van der Waals surface area (Å²) in [7, 11) is 0. The summed E-state index contributed by atoms with van der Waals surface area (Å²) in [5.74, 6) is 0.499. The van der Waals surface area contributed by atoms with E-state index in [0.717, 1.165) is 32.1 Å². The van der Waals surface area contributed by atoms with E-state index in [-0.39, 0.29) is 0 Å². The van der Waals surface area contributed by atoms with Crippen molar-refractivity contribution in [2.45, 2.75) is 122 Å². The average Bonchev–Trinajstić information content (AvgIpc) is 2.63. The quantitative estimate of drug-likeness (QED) is 0.227. The zero-order valence-electron chi connectivity index (χ0n) is 17.5. The summed E-state index contributed by atoms with van der Waals surface area (Å²) in [5, 5.41) is 0. The molecule has 0 fully saturated rings. The van der Waals surface area contributed by atoms with Gasteiger partial charge in [0.05, 0.1) is 0 Å². The standard InChI is InChI=1S/C11H17O.3C4H9.Sn/c1-10-6-2-4-8-11(12)9-5-3-7-10;3*1-3-4-2;/h6H,1-5,7-9H2;3*1,3-4H2,2H3;/b10-6-;;;;. The molecule has 146 valence electrons. The first kappa shape index (κ1) is 23.2. The van der Waals surface area contributed by atoms with Crippen LogP contribution in [0.25, 0.3) is 0 Å². The summed E-state index contributed by atoms with van der Waals surface area (Å²) < 4.78 is 6.42. The van der Waals surface area contributed by atoms with Crippen LogP contribution in [0, 0.1) is 0 Å². The Labute approximate surface area is 162 Å². The third-order valence-electron chi connectivity index (χ3n) is 6.08.